The summed E-state index contributed by atoms with van der Waals surface area (Å²) < 4.78 is 5.27. The van der Waals surface area contributed by atoms with E-state index in [0.717, 1.165) is 12.0 Å². The maximum Gasteiger partial charge on any atom is 0.161 e. The van der Waals surface area contributed by atoms with Gasteiger partial charge in [0.25, 0.3) is 0 Å². The number of phenols is 1. The van der Waals surface area contributed by atoms with E-state index in [2.05, 4.69) is 0 Å². The molecule has 16 heavy (non-hydrogen) atoms. The van der Waals surface area contributed by atoms with Crippen molar-refractivity contribution in [2.75, 3.05) is 13.2 Å². The van der Waals surface area contributed by atoms with Gasteiger partial charge in [0.2, 0.25) is 0 Å². The van der Waals surface area contributed by atoms with Crippen LogP contribution in [0.25, 0.3) is 0 Å². The summed E-state index contributed by atoms with van der Waals surface area (Å²) in [7, 11) is 0. The van der Waals surface area contributed by atoms with Gasteiger partial charge in [-0.25, -0.2) is 0 Å². The molecule has 0 aromatic heterocycles. The fourth-order valence-electron chi connectivity index (χ4n) is 1.38. The standard InChI is InChI=1S/C11H18N2O2.ClH/c1-2-15-11-7-8(3-4-10(11)14)9(13)5-6-12;/h3-4,7,9,14H,2,5-6,12-13H2,1H3;1H/t9-;/m0./s1. The van der Waals surface area contributed by atoms with E-state index in [9.17, 15) is 5.11 Å². The first-order valence-corrected chi connectivity index (χ1v) is 5.10. The van der Waals surface area contributed by atoms with Crippen LogP contribution in [0.2, 0.25) is 0 Å². The normalized spacial score (nSPS) is 11.7. The summed E-state index contributed by atoms with van der Waals surface area (Å²) in [6, 6.07) is 5.04. The Kier molecular flexibility index (Phi) is 6.88. The molecule has 1 aromatic rings. The van der Waals surface area contributed by atoms with Crippen LogP contribution in [-0.2, 0) is 0 Å². The first kappa shape index (κ1) is 15.0. The Hall–Kier alpha value is -0.970. The molecule has 0 radical (unpaired) electrons. The van der Waals surface area contributed by atoms with Gasteiger partial charge in [0.1, 0.15) is 0 Å². The Morgan fingerprint density at radius 1 is 1.44 bits per heavy atom. The van der Waals surface area contributed by atoms with Crippen LogP contribution < -0.4 is 16.2 Å². The molecule has 0 fully saturated rings. The number of hydrogen-bond donors (Lipinski definition) is 3. The minimum atomic E-state index is -0.102. The molecule has 5 heteroatoms. The molecule has 0 aliphatic heterocycles. The van der Waals surface area contributed by atoms with Crippen molar-refractivity contribution in [3.05, 3.63) is 23.8 Å². The quantitative estimate of drug-likeness (QED) is 0.737. The van der Waals surface area contributed by atoms with E-state index in [1.807, 2.05) is 6.92 Å². The predicted molar refractivity (Wildman–Crippen MR) is 67.1 cm³/mol. The first-order valence-electron chi connectivity index (χ1n) is 5.10. The smallest absolute Gasteiger partial charge is 0.161 e. The van der Waals surface area contributed by atoms with Crippen LogP contribution in [0.5, 0.6) is 11.5 Å². The molecule has 0 aliphatic rings. The monoisotopic (exact) mass is 246 g/mol. The molecular weight excluding hydrogens is 228 g/mol. The van der Waals surface area contributed by atoms with E-state index in [1.54, 1.807) is 18.2 Å². The predicted octanol–water partition coefficient (Wildman–Crippen LogP) is 1.56. The van der Waals surface area contributed by atoms with Gasteiger partial charge in [0.05, 0.1) is 6.61 Å². The summed E-state index contributed by atoms with van der Waals surface area (Å²) in [6.45, 7) is 2.93. The number of halogens is 1. The second-order valence-corrected chi connectivity index (χ2v) is 3.34. The zero-order valence-electron chi connectivity index (χ0n) is 9.35. The lowest BCUT2D eigenvalue weighted by molar-refractivity contribution is 0.317. The highest BCUT2D eigenvalue weighted by molar-refractivity contribution is 5.85. The molecule has 92 valence electrons. The van der Waals surface area contributed by atoms with Crippen molar-refractivity contribution in [2.24, 2.45) is 11.5 Å². The molecule has 0 spiro atoms. The Bertz CT molecular complexity index is 321. The third-order valence-electron chi connectivity index (χ3n) is 2.19. The van der Waals surface area contributed by atoms with Gasteiger partial charge in [0.15, 0.2) is 11.5 Å². The lowest BCUT2D eigenvalue weighted by Crippen LogP contribution is -2.15. The minimum Gasteiger partial charge on any atom is -0.504 e. The lowest BCUT2D eigenvalue weighted by atomic mass is 10.0. The molecular formula is C11H19ClN2O2. The Morgan fingerprint density at radius 2 is 2.12 bits per heavy atom. The summed E-state index contributed by atoms with van der Waals surface area (Å²) in [5.74, 6) is 0.614. The van der Waals surface area contributed by atoms with Crippen molar-refractivity contribution in [1.29, 1.82) is 0 Å². The van der Waals surface area contributed by atoms with E-state index in [-0.39, 0.29) is 24.2 Å². The van der Waals surface area contributed by atoms with Crippen molar-refractivity contribution >= 4 is 12.4 Å². The third kappa shape index (κ3) is 3.89. The maximum absolute atomic E-state index is 9.49. The molecule has 0 unspecified atom stereocenters. The number of rotatable bonds is 5. The molecule has 0 heterocycles. The number of phenolic OH excluding ortho intramolecular Hbond substituents is 1. The van der Waals surface area contributed by atoms with Gasteiger partial charge in [-0.3, -0.25) is 0 Å². The Balaban J connectivity index is 0.00000225. The van der Waals surface area contributed by atoms with E-state index < -0.39 is 0 Å². The van der Waals surface area contributed by atoms with Gasteiger partial charge in [-0.2, -0.15) is 0 Å². The summed E-state index contributed by atoms with van der Waals surface area (Å²) in [4.78, 5) is 0. The number of ether oxygens (including phenoxy) is 1. The van der Waals surface area contributed by atoms with E-state index in [1.165, 1.54) is 0 Å². The molecule has 0 saturated carbocycles. The molecule has 0 saturated heterocycles. The zero-order chi connectivity index (χ0) is 11.3. The van der Waals surface area contributed by atoms with Crippen molar-refractivity contribution in [2.45, 2.75) is 19.4 Å². The molecule has 4 nitrogen and oxygen atoms in total. The second-order valence-electron chi connectivity index (χ2n) is 3.34. The van der Waals surface area contributed by atoms with Gasteiger partial charge in [-0.1, -0.05) is 6.07 Å². The van der Waals surface area contributed by atoms with Gasteiger partial charge < -0.3 is 21.3 Å². The molecule has 5 N–H and O–H groups in total. The molecule has 1 rings (SSSR count). The van der Waals surface area contributed by atoms with Crippen LogP contribution in [-0.4, -0.2) is 18.3 Å². The van der Waals surface area contributed by atoms with E-state index >= 15 is 0 Å². The van der Waals surface area contributed by atoms with E-state index in [0.29, 0.717) is 18.9 Å². The van der Waals surface area contributed by atoms with Crippen LogP contribution in [0, 0.1) is 0 Å². The summed E-state index contributed by atoms with van der Waals surface area (Å²) in [5.41, 5.74) is 12.3. The Morgan fingerprint density at radius 3 is 2.69 bits per heavy atom. The van der Waals surface area contributed by atoms with Crippen LogP contribution in [0.15, 0.2) is 18.2 Å². The topological polar surface area (TPSA) is 81.5 Å². The van der Waals surface area contributed by atoms with Crippen LogP contribution in [0.1, 0.15) is 24.9 Å². The molecule has 1 atom stereocenters. The number of benzene rings is 1. The molecule has 1 aromatic carbocycles. The summed E-state index contributed by atoms with van der Waals surface area (Å²) >= 11 is 0. The fourth-order valence-corrected chi connectivity index (χ4v) is 1.38. The second kappa shape index (κ2) is 7.33. The van der Waals surface area contributed by atoms with Crippen LogP contribution in [0.3, 0.4) is 0 Å². The zero-order valence-corrected chi connectivity index (χ0v) is 10.2. The molecule has 0 bridgehead atoms. The number of hydrogen-bond acceptors (Lipinski definition) is 4. The number of aromatic hydroxyl groups is 1. The molecule has 0 amide bonds. The van der Waals surface area contributed by atoms with Gasteiger partial charge >= 0.3 is 0 Å². The maximum atomic E-state index is 9.49. The highest BCUT2D eigenvalue weighted by Gasteiger charge is 2.09. The van der Waals surface area contributed by atoms with Crippen molar-refractivity contribution < 1.29 is 9.84 Å². The largest absolute Gasteiger partial charge is 0.504 e. The van der Waals surface area contributed by atoms with Crippen molar-refractivity contribution in [1.82, 2.24) is 0 Å². The van der Waals surface area contributed by atoms with E-state index in [4.69, 9.17) is 16.2 Å². The minimum absolute atomic E-state index is 0. The average molecular weight is 247 g/mol. The SMILES string of the molecule is CCOc1cc([C@@H](N)CCN)ccc1O.Cl. The highest BCUT2D eigenvalue weighted by Crippen LogP contribution is 2.29. The van der Waals surface area contributed by atoms with Crippen LogP contribution >= 0.6 is 12.4 Å². The van der Waals surface area contributed by atoms with Crippen molar-refractivity contribution in [3.63, 3.8) is 0 Å². The summed E-state index contributed by atoms with van der Waals surface area (Å²) in [5, 5.41) is 9.49. The third-order valence-corrected chi connectivity index (χ3v) is 2.19. The Labute approximate surface area is 102 Å². The van der Waals surface area contributed by atoms with Gasteiger partial charge in [-0.15, -0.1) is 12.4 Å². The van der Waals surface area contributed by atoms with Crippen molar-refractivity contribution in [3.8, 4) is 11.5 Å². The van der Waals surface area contributed by atoms with Gasteiger partial charge in [-0.05, 0) is 37.6 Å². The van der Waals surface area contributed by atoms with Crippen LogP contribution in [0.4, 0.5) is 0 Å². The highest BCUT2D eigenvalue weighted by atomic mass is 35.5. The van der Waals surface area contributed by atoms with Gasteiger partial charge in [0, 0.05) is 6.04 Å². The average Bonchev–Trinajstić information content (AvgIpc) is 2.22. The fraction of sp³-hybridized carbons (Fsp3) is 0.455. The lowest BCUT2D eigenvalue weighted by Gasteiger charge is -2.13. The molecule has 0 aliphatic carbocycles. The summed E-state index contributed by atoms with van der Waals surface area (Å²) in [6.07, 6.45) is 0.719. The number of nitrogens with two attached hydrogens (primary N) is 2. The first-order chi connectivity index (χ1) is 7.19.